The number of anilines is 1. The van der Waals surface area contributed by atoms with Gasteiger partial charge in [-0.15, -0.1) is 11.3 Å². The summed E-state index contributed by atoms with van der Waals surface area (Å²) in [5.41, 5.74) is 0.928. The molecule has 1 aliphatic carbocycles. The number of esters is 1. The Morgan fingerprint density at radius 1 is 1.43 bits per heavy atom. The second-order valence-electron chi connectivity index (χ2n) is 5.06. The molecule has 1 aliphatic rings. The largest absolute Gasteiger partial charge is 0.462 e. The molecule has 1 amide bonds. The first-order valence-electron chi connectivity index (χ1n) is 7.10. The Labute approximate surface area is 127 Å². The van der Waals surface area contributed by atoms with Gasteiger partial charge in [-0.05, 0) is 32.3 Å². The van der Waals surface area contributed by atoms with E-state index in [2.05, 4.69) is 11.4 Å². The van der Waals surface area contributed by atoms with Crippen LogP contribution < -0.4 is 5.32 Å². The molecule has 1 heterocycles. The molecular formula is C15H18N2O3S. The van der Waals surface area contributed by atoms with Crippen molar-refractivity contribution in [2.45, 2.75) is 39.5 Å². The van der Waals surface area contributed by atoms with Gasteiger partial charge < -0.3 is 10.1 Å². The molecule has 0 radical (unpaired) electrons. The fourth-order valence-electron chi connectivity index (χ4n) is 2.53. The zero-order valence-electron chi connectivity index (χ0n) is 12.2. The normalized spacial score (nSPS) is 14.7. The quantitative estimate of drug-likeness (QED) is 0.866. The van der Waals surface area contributed by atoms with Crippen LogP contribution in [-0.4, -0.2) is 18.5 Å². The van der Waals surface area contributed by atoms with Crippen LogP contribution in [0.15, 0.2) is 0 Å². The van der Waals surface area contributed by atoms with E-state index < -0.39 is 5.97 Å². The average molecular weight is 306 g/mol. The minimum absolute atomic E-state index is 0.0185. The highest BCUT2D eigenvalue weighted by atomic mass is 32.1. The zero-order chi connectivity index (χ0) is 15.4. The molecule has 0 atom stereocenters. The molecule has 1 aromatic heterocycles. The number of nitriles is 1. The molecule has 112 valence electrons. The summed E-state index contributed by atoms with van der Waals surface area (Å²) < 4.78 is 4.98. The Balaban J connectivity index is 2.23. The van der Waals surface area contributed by atoms with Crippen LogP contribution in [0.5, 0.6) is 0 Å². The smallest absolute Gasteiger partial charge is 0.348 e. The van der Waals surface area contributed by atoms with E-state index in [4.69, 9.17) is 4.74 Å². The van der Waals surface area contributed by atoms with Crippen LogP contribution in [0.1, 0.15) is 53.4 Å². The van der Waals surface area contributed by atoms with E-state index in [0.29, 0.717) is 21.0 Å². The standard InChI is InChI=1S/C15H18N2O3S/c1-3-20-15(19)12-9(2)11(8-16)14(21-12)17-13(18)10-6-4-5-7-10/h10H,3-7H2,1-2H3,(H,17,18). The van der Waals surface area contributed by atoms with Crippen molar-refractivity contribution in [2.24, 2.45) is 5.92 Å². The van der Waals surface area contributed by atoms with Gasteiger partial charge in [0.05, 0.1) is 12.2 Å². The Morgan fingerprint density at radius 2 is 2.10 bits per heavy atom. The first-order chi connectivity index (χ1) is 10.1. The van der Waals surface area contributed by atoms with Crippen molar-refractivity contribution >= 4 is 28.2 Å². The van der Waals surface area contributed by atoms with Crippen molar-refractivity contribution in [3.05, 3.63) is 16.0 Å². The number of ether oxygens (including phenoxy) is 1. The summed E-state index contributed by atoms with van der Waals surface area (Å²) in [4.78, 5) is 24.4. The van der Waals surface area contributed by atoms with Gasteiger partial charge >= 0.3 is 5.97 Å². The van der Waals surface area contributed by atoms with E-state index in [1.165, 1.54) is 0 Å². The minimum Gasteiger partial charge on any atom is -0.462 e. The van der Waals surface area contributed by atoms with Crippen molar-refractivity contribution in [1.82, 2.24) is 0 Å². The zero-order valence-corrected chi connectivity index (χ0v) is 13.0. The Morgan fingerprint density at radius 3 is 2.67 bits per heavy atom. The number of carbonyl (C=O) groups is 2. The fourth-order valence-corrected chi connectivity index (χ4v) is 3.58. The van der Waals surface area contributed by atoms with Crippen molar-refractivity contribution in [2.75, 3.05) is 11.9 Å². The van der Waals surface area contributed by atoms with E-state index in [0.717, 1.165) is 37.0 Å². The molecule has 6 heteroatoms. The second kappa shape index (κ2) is 6.72. The van der Waals surface area contributed by atoms with Crippen LogP contribution in [0.25, 0.3) is 0 Å². The molecule has 1 N–H and O–H groups in total. The first-order valence-corrected chi connectivity index (χ1v) is 7.91. The number of rotatable bonds is 4. The lowest BCUT2D eigenvalue weighted by atomic mass is 10.1. The second-order valence-corrected chi connectivity index (χ2v) is 6.08. The van der Waals surface area contributed by atoms with Crippen LogP contribution in [0, 0.1) is 24.2 Å². The lowest BCUT2D eigenvalue weighted by Gasteiger charge is -2.08. The number of hydrogen-bond donors (Lipinski definition) is 1. The molecular weight excluding hydrogens is 288 g/mol. The van der Waals surface area contributed by atoms with Crippen LogP contribution in [-0.2, 0) is 9.53 Å². The predicted octanol–water partition coefficient (Wildman–Crippen LogP) is 3.23. The van der Waals surface area contributed by atoms with E-state index in [1.54, 1.807) is 13.8 Å². The summed E-state index contributed by atoms with van der Waals surface area (Å²) in [5.74, 6) is -0.483. The molecule has 2 rings (SSSR count). The number of hydrogen-bond acceptors (Lipinski definition) is 5. The molecule has 0 unspecified atom stereocenters. The van der Waals surface area contributed by atoms with Crippen LogP contribution in [0.3, 0.4) is 0 Å². The summed E-state index contributed by atoms with van der Waals surface area (Å²) in [6.45, 7) is 3.71. The van der Waals surface area contributed by atoms with Gasteiger partial charge in [0.25, 0.3) is 0 Å². The first kappa shape index (κ1) is 15.5. The Kier molecular flexibility index (Phi) is 4.97. The topological polar surface area (TPSA) is 79.2 Å². The van der Waals surface area contributed by atoms with Crippen LogP contribution >= 0.6 is 11.3 Å². The van der Waals surface area contributed by atoms with Gasteiger partial charge in [-0.2, -0.15) is 5.26 Å². The lowest BCUT2D eigenvalue weighted by Crippen LogP contribution is -2.20. The number of nitrogens with one attached hydrogen (secondary N) is 1. The maximum absolute atomic E-state index is 12.2. The summed E-state index contributed by atoms with van der Waals surface area (Å²) in [6, 6.07) is 2.07. The number of thiophene rings is 1. The maximum atomic E-state index is 12.2. The molecule has 1 fully saturated rings. The molecule has 21 heavy (non-hydrogen) atoms. The monoisotopic (exact) mass is 306 g/mol. The van der Waals surface area contributed by atoms with Gasteiger partial charge in [0, 0.05) is 5.92 Å². The number of amides is 1. The highest BCUT2D eigenvalue weighted by molar-refractivity contribution is 7.18. The molecule has 1 saturated carbocycles. The van der Waals surface area contributed by atoms with Gasteiger partial charge in [-0.3, -0.25) is 4.79 Å². The Bertz CT molecular complexity index is 595. The predicted molar refractivity (Wildman–Crippen MR) is 80.3 cm³/mol. The van der Waals surface area contributed by atoms with Crippen molar-refractivity contribution in [1.29, 1.82) is 5.26 Å². The van der Waals surface area contributed by atoms with Gasteiger partial charge in [0.15, 0.2) is 0 Å². The van der Waals surface area contributed by atoms with Gasteiger partial charge in [0.1, 0.15) is 15.9 Å². The highest BCUT2D eigenvalue weighted by Crippen LogP contribution is 2.34. The third-order valence-electron chi connectivity index (χ3n) is 3.68. The van der Waals surface area contributed by atoms with Crippen molar-refractivity contribution in [3.63, 3.8) is 0 Å². The lowest BCUT2D eigenvalue weighted by molar-refractivity contribution is -0.119. The molecule has 0 aliphatic heterocycles. The van der Waals surface area contributed by atoms with Crippen LogP contribution in [0.4, 0.5) is 5.00 Å². The van der Waals surface area contributed by atoms with E-state index >= 15 is 0 Å². The summed E-state index contributed by atoms with van der Waals surface area (Å²) >= 11 is 1.12. The fraction of sp³-hybridized carbons (Fsp3) is 0.533. The molecule has 0 bridgehead atoms. The average Bonchev–Trinajstić information content (AvgIpc) is 3.07. The molecule has 1 aromatic rings. The minimum atomic E-state index is -0.446. The molecule has 5 nitrogen and oxygen atoms in total. The van der Waals surface area contributed by atoms with E-state index in [-0.39, 0.29) is 18.4 Å². The molecule has 0 aromatic carbocycles. The molecule has 0 spiro atoms. The summed E-state index contributed by atoms with van der Waals surface area (Å²) in [7, 11) is 0. The van der Waals surface area contributed by atoms with Crippen molar-refractivity contribution in [3.8, 4) is 6.07 Å². The van der Waals surface area contributed by atoms with Crippen molar-refractivity contribution < 1.29 is 14.3 Å². The maximum Gasteiger partial charge on any atom is 0.348 e. The third-order valence-corrected chi connectivity index (χ3v) is 4.87. The Hall–Kier alpha value is -1.87. The van der Waals surface area contributed by atoms with E-state index in [1.807, 2.05) is 0 Å². The third kappa shape index (κ3) is 3.24. The van der Waals surface area contributed by atoms with Crippen LogP contribution in [0.2, 0.25) is 0 Å². The van der Waals surface area contributed by atoms with E-state index in [9.17, 15) is 14.9 Å². The number of nitrogens with zero attached hydrogens (tertiary/aromatic N) is 1. The SMILES string of the molecule is CCOC(=O)c1sc(NC(=O)C2CCCC2)c(C#N)c1C. The molecule has 0 saturated heterocycles. The van der Waals surface area contributed by atoms with Gasteiger partial charge in [-0.25, -0.2) is 4.79 Å². The summed E-state index contributed by atoms with van der Waals surface area (Å²) in [5, 5.41) is 12.5. The van der Waals surface area contributed by atoms with Gasteiger partial charge in [0.2, 0.25) is 5.91 Å². The summed E-state index contributed by atoms with van der Waals surface area (Å²) in [6.07, 6.45) is 3.92. The number of carbonyl (C=O) groups excluding carboxylic acids is 2. The highest BCUT2D eigenvalue weighted by Gasteiger charge is 2.26. The van der Waals surface area contributed by atoms with Gasteiger partial charge in [-0.1, -0.05) is 12.8 Å².